The van der Waals surface area contributed by atoms with Crippen molar-refractivity contribution in [3.05, 3.63) is 35.4 Å². The van der Waals surface area contributed by atoms with Gasteiger partial charge in [-0.25, -0.2) is 14.2 Å². The Labute approximate surface area is 800 Å². The summed E-state index contributed by atoms with van der Waals surface area (Å²) < 4.78 is 49.9. The summed E-state index contributed by atoms with van der Waals surface area (Å²) in [7, 11) is 7.07. The first-order valence-electron chi connectivity index (χ1n) is 53.8. The number of nitrogens with zero attached hydrogens (tertiary/aromatic N) is 14. The minimum atomic E-state index is -1.73. The molecule has 0 aliphatic heterocycles. The zero-order valence-electron chi connectivity index (χ0n) is 86.7. The van der Waals surface area contributed by atoms with E-state index in [9.17, 15) is 44.4 Å². The molecular formula is C106H168N14O14. The molecule has 0 radical (unpaired) electrons. The summed E-state index contributed by atoms with van der Waals surface area (Å²) in [4.78, 5) is 68.7. The molecule has 16 fully saturated rings. The molecule has 0 amide bonds. The van der Waals surface area contributed by atoms with Crippen molar-refractivity contribution in [1.29, 1.82) is 0 Å². The standard InChI is InChI=1S/C28H43N3O5.C27H43N3O3.C26H42N4O3.C25H40N4O3/c1-5-36-25(33)23-15-29-31(30-23)16-24(32)22-9-8-20-19-7-6-18-14-26(2,34)12-13-28(18,17-35-4)21(19)10-11-27(20,22)3;1-17-15-28-30(29-17)16-24(31)23-9-8-21-20-7-6-19-14-25(3,32)12-13-27(19,18(2)33-5)22(20)10-11-26(21,23)4;1-16(33-5)26-13-12-24(3,32)14-18(26)6-7-19-20-8-9-22(25(20,4)11-10-21(19)26)23(31)15-30-17(2)27-28-29-30;1-16-26-27-28-29(16)14-22(30)21-8-7-19-18-6-5-17-13-23(2,31)11-12-25(17,15-32-4)20(18)9-10-24(19,21)3/h15,18-22,34H,5-14,16-17H2,1-4H3;15,18-23,32H,6-14,16H2,1-5H3;16,18-22,32H,6-15H2,1-5H3;17-21,31H,5-15H2,1-4H3/t18-,19-,20-,21-,22+,26+,27-,28+;18?,19-,20+,21+,22+,23-,25-,26+,27-;16?,18-,19+,20+,21+,22-,24-,25+,26-;17-,18+,19+,20+,21-,23-,24+,25-/m0111/s1/i;;;15D2. The van der Waals surface area contributed by atoms with Gasteiger partial charge in [-0.15, -0.1) is 15.3 Å². The Kier molecular flexibility index (Phi) is 27.5. The number of aromatic nitrogens is 14. The second-order valence-electron chi connectivity index (χ2n) is 49.2. The van der Waals surface area contributed by atoms with Crippen molar-refractivity contribution in [2.75, 3.05) is 48.2 Å². The molecule has 0 spiro atoms. The summed E-state index contributed by atoms with van der Waals surface area (Å²) >= 11 is 0. The van der Waals surface area contributed by atoms with Crippen LogP contribution in [0.5, 0.6) is 0 Å². The highest BCUT2D eigenvalue weighted by molar-refractivity contribution is 5.87. The fourth-order valence-corrected chi connectivity index (χ4v) is 36.7. The van der Waals surface area contributed by atoms with E-state index in [2.05, 4.69) is 93.0 Å². The number of hydrogen-bond acceptors (Lipinski definition) is 24. The van der Waals surface area contributed by atoms with E-state index in [0.29, 0.717) is 138 Å². The van der Waals surface area contributed by atoms with E-state index in [1.54, 1.807) is 27.3 Å². The fourth-order valence-electron chi connectivity index (χ4n) is 36.7. The van der Waals surface area contributed by atoms with Crippen LogP contribution in [0.4, 0.5) is 0 Å². The van der Waals surface area contributed by atoms with Crippen LogP contribution in [-0.4, -0.2) is 203 Å². The molecule has 16 aliphatic carbocycles. The second kappa shape index (κ2) is 37.9. The minimum Gasteiger partial charge on any atom is -0.461 e. The lowest BCUT2D eigenvalue weighted by Gasteiger charge is -2.64. The van der Waals surface area contributed by atoms with Crippen molar-refractivity contribution < 1.29 is 70.8 Å². The highest BCUT2D eigenvalue weighted by atomic mass is 16.5. The number of hydrogen-bond donors (Lipinski definition) is 4. The summed E-state index contributed by atoms with van der Waals surface area (Å²) in [5.74, 6) is 10.5. The summed E-state index contributed by atoms with van der Waals surface area (Å²) in [5, 5.41) is 83.7. The molecule has 4 aromatic rings. The highest BCUT2D eigenvalue weighted by Crippen LogP contribution is 2.75. The summed E-state index contributed by atoms with van der Waals surface area (Å²) in [6.45, 7) is 29.6. The first-order chi connectivity index (χ1) is 64.3. The van der Waals surface area contributed by atoms with Crippen molar-refractivity contribution in [2.45, 2.75) is 389 Å². The molecule has 0 aromatic carbocycles. The topological polar surface area (TPSA) is 361 Å². The maximum atomic E-state index is 13.5. The normalized spacial score (nSPS) is 45.0. The van der Waals surface area contributed by atoms with E-state index in [0.717, 1.165) is 173 Å². The number of aryl methyl sites for hydroxylation is 3. The van der Waals surface area contributed by atoms with Crippen LogP contribution in [0.1, 0.15) is 338 Å². The van der Waals surface area contributed by atoms with Gasteiger partial charge in [0.25, 0.3) is 0 Å². The monoisotopic (exact) mass is 1860 g/mol. The number of aliphatic hydroxyl groups is 4. The van der Waals surface area contributed by atoms with Gasteiger partial charge in [0, 0.05) is 62.9 Å². The number of ether oxygens (including phenoxy) is 5. The molecule has 134 heavy (non-hydrogen) atoms. The second-order valence-corrected chi connectivity index (χ2v) is 49.2. The number of carbonyl (C=O) groups is 5. The molecule has 16 aliphatic rings. The molecule has 4 heterocycles. The Morgan fingerprint density at radius 3 is 1.13 bits per heavy atom. The maximum Gasteiger partial charge on any atom is 0.360 e. The van der Waals surface area contributed by atoms with Gasteiger partial charge in [-0.2, -0.15) is 24.9 Å². The van der Waals surface area contributed by atoms with Crippen LogP contribution in [0.25, 0.3) is 0 Å². The van der Waals surface area contributed by atoms with Crippen LogP contribution in [0.15, 0.2) is 12.4 Å². The lowest BCUT2D eigenvalue weighted by Crippen LogP contribution is -2.60. The molecule has 2 unspecified atom stereocenters. The molecule has 34 atom stereocenters. The number of Topliss-reactive ketones (excluding diaryl/α,β-unsaturated/α-hetero) is 4. The molecule has 4 N–H and O–H groups in total. The van der Waals surface area contributed by atoms with Gasteiger partial charge in [0.2, 0.25) is 0 Å². The number of rotatable bonds is 22. The Bertz CT molecular complexity index is 4940. The van der Waals surface area contributed by atoms with Gasteiger partial charge in [-0.05, 0) is 448 Å². The fraction of sp³-hybridized carbons (Fsp3) is 0.896. The van der Waals surface area contributed by atoms with Crippen molar-refractivity contribution in [2.24, 2.45) is 162 Å². The largest absolute Gasteiger partial charge is 0.461 e. The van der Waals surface area contributed by atoms with E-state index < -0.39 is 40.3 Å². The molecule has 4 aromatic heterocycles. The van der Waals surface area contributed by atoms with Crippen molar-refractivity contribution >= 4 is 29.1 Å². The molecule has 16 saturated carbocycles. The Balaban J connectivity index is 0.000000126. The third-order valence-electron chi connectivity index (χ3n) is 42.9. The van der Waals surface area contributed by atoms with Crippen LogP contribution in [0.2, 0.25) is 0 Å². The SMILES string of the molecule is CCOC(=O)c1cnn(CC(=O)[C@H]2CC[C@H]3[C@@H]4CC[C@H]5C[C@](C)(O)CC[C@]5(COC)[C@H]4CC[C@]23C)n1.COC(C)[C@]12CC[C@@](C)(O)C[C@H]1CC[C@H]1[C@@H]3CC[C@H](C(=O)Cn4ncc(C)n4)[C@@]3(C)CC[C@@H]12.COC(C)[C@]12CC[C@@](C)(O)C[C@H]1CC[C@H]1[C@@H]3CC[C@H](C(=O)Cn4nnnc4C)[C@@]3(C)CC[C@@H]12.[2H]C([2H])(OC)[C@]12CC[C@@](C)(O)C[C@H]1CC[C@H]1[C@@H]3CC[C@H](C(=O)Cn4nnnc4C)[C@@]3(C)CC[C@@H]12. The smallest absolute Gasteiger partial charge is 0.360 e. The Morgan fingerprint density at radius 2 is 0.761 bits per heavy atom. The molecule has 28 nitrogen and oxygen atoms in total. The number of esters is 1. The lowest BCUT2D eigenvalue weighted by atomic mass is 9.42. The van der Waals surface area contributed by atoms with E-state index >= 15 is 0 Å². The van der Waals surface area contributed by atoms with E-state index in [1.807, 2.05) is 69.8 Å². The van der Waals surface area contributed by atoms with E-state index in [1.165, 1.54) is 69.5 Å². The molecular weight excluding hydrogens is 1690 g/mol. The third-order valence-corrected chi connectivity index (χ3v) is 42.9. The Hall–Kier alpha value is -5.75. The Morgan fingerprint density at radius 1 is 0.410 bits per heavy atom. The maximum absolute atomic E-state index is 13.5. The van der Waals surface area contributed by atoms with E-state index in [-0.39, 0.29) is 123 Å². The molecule has 20 rings (SSSR count). The van der Waals surface area contributed by atoms with E-state index in [4.69, 9.17) is 26.4 Å². The summed E-state index contributed by atoms with van der Waals surface area (Å²) in [6.07, 6.45) is 40.0. The van der Waals surface area contributed by atoms with Gasteiger partial charge >= 0.3 is 5.97 Å². The first-order valence-corrected chi connectivity index (χ1v) is 52.8. The predicted molar refractivity (Wildman–Crippen MR) is 503 cm³/mol. The van der Waals surface area contributed by atoms with Crippen LogP contribution in [-0.2, 0) is 69.0 Å². The van der Waals surface area contributed by atoms with Gasteiger partial charge in [0.15, 0.2) is 28.8 Å². The van der Waals surface area contributed by atoms with Crippen LogP contribution >= 0.6 is 0 Å². The zero-order chi connectivity index (χ0) is 97.4. The number of carbonyl (C=O) groups excluding carboxylic acids is 5. The van der Waals surface area contributed by atoms with Crippen LogP contribution in [0, 0.1) is 182 Å². The number of ketones is 4. The third kappa shape index (κ3) is 17.6. The van der Waals surface area contributed by atoms with Crippen molar-refractivity contribution in [3.8, 4) is 0 Å². The summed E-state index contributed by atoms with van der Waals surface area (Å²) in [6, 6.07) is 0. The number of methoxy groups -OCH3 is 4. The van der Waals surface area contributed by atoms with Gasteiger partial charge < -0.3 is 44.1 Å². The van der Waals surface area contributed by atoms with Crippen LogP contribution in [0.3, 0.4) is 0 Å². The van der Waals surface area contributed by atoms with Crippen molar-refractivity contribution in [3.63, 3.8) is 0 Å². The molecule has 0 bridgehead atoms. The molecule has 28 heteroatoms. The quantitative estimate of drug-likeness (QED) is 0.0531. The summed E-state index contributed by atoms with van der Waals surface area (Å²) in [5.41, 5.74) is -1.35. The van der Waals surface area contributed by atoms with Gasteiger partial charge in [0.1, 0.15) is 37.8 Å². The van der Waals surface area contributed by atoms with Gasteiger partial charge in [-0.1, -0.05) is 27.7 Å². The zero-order valence-corrected chi connectivity index (χ0v) is 84.7. The van der Waals surface area contributed by atoms with Crippen molar-refractivity contribution in [1.82, 2.24) is 70.4 Å². The lowest BCUT2D eigenvalue weighted by molar-refractivity contribution is -0.199. The predicted octanol–water partition coefficient (Wildman–Crippen LogP) is 16.2. The van der Waals surface area contributed by atoms with Gasteiger partial charge in [0.05, 0.1) is 75.2 Å². The number of fused-ring (bicyclic) bond motifs is 20. The average molecular weight is 1860 g/mol. The highest BCUT2D eigenvalue weighted by Gasteiger charge is 2.70. The molecule has 0 saturated heterocycles. The minimum absolute atomic E-state index is 0.00185. The average Bonchev–Trinajstić information content (AvgIpc) is 0.767. The first kappa shape index (κ1) is 97.1. The number of tetrazole rings is 2. The van der Waals surface area contributed by atoms with Gasteiger partial charge in [-0.3, -0.25) is 19.2 Å². The molecule has 746 valence electrons. The van der Waals surface area contributed by atoms with Crippen LogP contribution < -0.4 is 0 Å².